The normalized spacial score (nSPS) is 10.6. The number of aryl methyl sites for hydroxylation is 1. The molecule has 0 atom stereocenters. The van der Waals surface area contributed by atoms with Crippen molar-refractivity contribution in [3.63, 3.8) is 0 Å². The highest BCUT2D eigenvalue weighted by Gasteiger charge is 2.19. The van der Waals surface area contributed by atoms with Crippen LogP contribution >= 0.6 is 34.9 Å². The van der Waals surface area contributed by atoms with E-state index in [0.717, 1.165) is 21.9 Å². The Morgan fingerprint density at radius 1 is 1.41 bits per heavy atom. The van der Waals surface area contributed by atoms with Gasteiger partial charge in [0, 0.05) is 6.54 Å². The first-order chi connectivity index (χ1) is 12.9. The summed E-state index contributed by atoms with van der Waals surface area (Å²) in [6.07, 6.45) is 1.73. The number of thiophene rings is 1. The smallest absolute Gasteiger partial charge is 0.348 e. The van der Waals surface area contributed by atoms with Gasteiger partial charge in [-0.1, -0.05) is 17.4 Å². The minimum Gasteiger partial charge on any atom is -0.465 e. The molecule has 0 aliphatic carbocycles. The lowest BCUT2D eigenvalue weighted by Gasteiger charge is -2.01. The average molecular weight is 422 g/mol. The number of nitrogens with one attached hydrogen (secondary N) is 2. The SMILES string of the molecule is C=CCn1c(-c2sc(NC(=O)c3ccc(C(=O)OC)s3)nc2C)n[nH]c1=S. The number of rotatable bonds is 6. The Morgan fingerprint density at radius 3 is 2.85 bits per heavy atom. The molecule has 3 aromatic rings. The standard InChI is InChI=1S/C16H15N5O3S3/c1-4-7-21-12(19-20-16(21)25)11-8(2)17-15(27-11)18-13(22)9-5-6-10(26-9)14(23)24-3/h4-6H,1,7H2,2-3H3,(H,20,25)(H,17,18,22). The fourth-order valence-corrected chi connectivity index (χ4v) is 4.26. The van der Waals surface area contributed by atoms with Crippen LogP contribution in [0.5, 0.6) is 0 Å². The van der Waals surface area contributed by atoms with E-state index in [-0.39, 0.29) is 5.91 Å². The van der Waals surface area contributed by atoms with Crippen molar-refractivity contribution in [1.29, 1.82) is 0 Å². The zero-order valence-electron chi connectivity index (χ0n) is 14.4. The van der Waals surface area contributed by atoms with Crippen LogP contribution in [0.3, 0.4) is 0 Å². The van der Waals surface area contributed by atoms with Gasteiger partial charge in [0.1, 0.15) is 4.88 Å². The number of carbonyl (C=O) groups is 2. The summed E-state index contributed by atoms with van der Waals surface area (Å²) in [6.45, 7) is 6.06. The molecule has 0 radical (unpaired) electrons. The summed E-state index contributed by atoms with van der Waals surface area (Å²) in [5, 5.41) is 10.2. The van der Waals surface area contributed by atoms with Crippen molar-refractivity contribution in [2.75, 3.05) is 12.4 Å². The number of amides is 1. The zero-order valence-corrected chi connectivity index (χ0v) is 16.9. The molecule has 0 unspecified atom stereocenters. The van der Waals surface area contributed by atoms with Crippen molar-refractivity contribution >= 4 is 51.9 Å². The van der Waals surface area contributed by atoms with Crippen LogP contribution in [0, 0.1) is 11.7 Å². The quantitative estimate of drug-likeness (QED) is 0.358. The number of nitrogens with zero attached hydrogens (tertiary/aromatic N) is 3. The van der Waals surface area contributed by atoms with Crippen LogP contribution in [0.25, 0.3) is 10.7 Å². The van der Waals surface area contributed by atoms with Gasteiger partial charge >= 0.3 is 5.97 Å². The zero-order chi connectivity index (χ0) is 19.6. The molecule has 3 rings (SSSR count). The van der Waals surface area contributed by atoms with E-state index in [1.54, 1.807) is 22.8 Å². The second kappa shape index (κ2) is 7.94. The highest BCUT2D eigenvalue weighted by molar-refractivity contribution is 7.71. The molecule has 0 bridgehead atoms. The molecule has 0 aromatic carbocycles. The van der Waals surface area contributed by atoms with Gasteiger partial charge in [-0.2, -0.15) is 5.10 Å². The Balaban J connectivity index is 1.84. The summed E-state index contributed by atoms with van der Waals surface area (Å²) in [5.41, 5.74) is 0.719. The van der Waals surface area contributed by atoms with Gasteiger partial charge in [-0.15, -0.1) is 17.9 Å². The number of hydrogen-bond donors (Lipinski definition) is 2. The number of methoxy groups -OCH3 is 1. The molecule has 27 heavy (non-hydrogen) atoms. The number of esters is 1. The summed E-state index contributed by atoms with van der Waals surface area (Å²) >= 11 is 7.58. The van der Waals surface area contributed by atoms with Crippen LogP contribution in [0.1, 0.15) is 25.0 Å². The fraction of sp³-hybridized carbons (Fsp3) is 0.188. The molecule has 0 spiro atoms. The van der Waals surface area contributed by atoms with E-state index < -0.39 is 5.97 Å². The first-order valence-corrected chi connectivity index (χ1v) is 9.72. The summed E-state index contributed by atoms with van der Waals surface area (Å²) in [5.74, 6) is -0.184. The number of aromatic amines is 1. The molecular weight excluding hydrogens is 406 g/mol. The first-order valence-electron chi connectivity index (χ1n) is 7.68. The van der Waals surface area contributed by atoms with E-state index >= 15 is 0 Å². The predicted molar refractivity (Wildman–Crippen MR) is 107 cm³/mol. The lowest BCUT2D eigenvalue weighted by atomic mass is 10.3. The molecule has 1 amide bonds. The predicted octanol–water partition coefficient (Wildman–Crippen LogP) is 3.66. The van der Waals surface area contributed by atoms with Crippen molar-refractivity contribution in [3.05, 3.63) is 45.0 Å². The van der Waals surface area contributed by atoms with Gasteiger partial charge in [-0.3, -0.25) is 19.8 Å². The molecule has 140 valence electrons. The van der Waals surface area contributed by atoms with Gasteiger partial charge in [-0.25, -0.2) is 9.78 Å². The molecule has 0 aliphatic rings. The number of thiazole rings is 1. The van der Waals surface area contributed by atoms with E-state index in [1.165, 1.54) is 18.4 Å². The fourth-order valence-electron chi connectivity index (χ4n) is 2.28. The monoisotopic (exact) mass is 421 g/mol. The number of aromatic nitrogens is 4. The highest BCUT2D eigenvalue weighted by atomic mass is 32.1. The first kappa shape index (κ1) is 19.1. The highest BCUT2D eigenvalue weighted by Crippen LogP contribution is 2.32. The molecule has 2 N–H and O–H groups in total. The van der Waals surface area contributed by atoms with Crippen LogP contribution in [0.15, 0.2) is 24.8 Å². The maximum absolute atomic E-state index is 12.4. The molecule has 0 aliphatic heterocycles. The Kier molecular flexibility index (Phi) is 5.63. The third-order valence-corrected chi connectivity index (χ3v) is 5.95. The maximum Gasteiger partial charge on any atom is 0.348 e. The number of H-pyrrole nitrogens is 1. The molecule has 11 heteroatoms. The van der Waals surface area contributed by atoms with Crippen LogP contribution in [0.4, 0.5) is 5.13 Å². The van der Waals surface area contributed by atoms with E-state index in [0.29, 0.717) is 32.0 Å². The van der Waals surface area contributed by atoms with Gasteiger partial charge in [0.25, 0.3) is 5.91 Å². The van der Waals surface area contributed by atoms with Gasteiger partial charge in [0.15, 0.2) is 15.7 Å². The van der Waals surface area contributed by atoms with Crippen LogP contribution < -0.4 is 5.32 Å². The average Bonchev–Trinajstić information content (AvgIpc) is 3.35. The van der Waals surface area contributed by atoms with Crippen molar-refractivity contribution in [3.8, 4) is 10.7 Å². The third-order valence-electron chi connectivity index (χ3n) is 3.51. The molecular formula is C16H15N5O3S3. The largest absolute Gasteiger partial charge is 0.465 e. The molecule has 3 heterocycles. The Hall–Kier alpha value is -2.63. The summed E-state index contributed by atoms with van der Waals surface area (Å²) < 4.78 is 6.94. The van der Waals surface area contributed by atoms with Crippen molar-refractivity contribution in [2.45, 2.75) is 13.5 Å². The van der Waals surface area contributed by atoms with Gasteiger partial charge in [0.2, 0.25) is 0 Å². The van der Waals surface area contributed by atoms with E-state index in [1.807, 2.05) is 6.92 Å². The number of hydrogen-bond acceptors (Lipinski definition) is 8. The van der Waals surface area contributed by atoms with Gasteiger partial charge in [-0.05, 0) is 31.3 Å². The molecule has 8 nitrogen and oxygen atoms in total. The van der Waals surface area contributed by atoms with Gasteiger partial charge < -0.3 is 4.74 Å². The summed E-state index contributed by atoms with van der Waals surface area (Å²) in [6, 6.07) is 3.12. The lowest BCUT2D eigenvalue weighted by molar-refractivity contribution is 0.0606. The number of anilines is 1. The topological polar surface area (TPSA) is 102 Å². The summed E-state index contributed by atoms with van der Waals surface area (Å²) in [7, 11) is 1.30. The second-order valence-electron chi connectivity index (χ2n) is 5.29. The minimum atomic E-state index is -0.476. The lowest BCUT2D eigenvalue weighted by Crippen LogP contribution is -2.09. The number of allylic oxidation sites excluding steroid dienone is 1. The summed E-state index contributed by atoms with van der Waals surface area (Å²) in [4.78, 5) is 29.9. The van der Waals surface area contributed by atoms with Crippen LogP contribution in [-0.2, 0) is 11.3 Å². The van der Waals surface area contributed by atoms with Crippen LogP contribution in [-0.4, -0.2) is 38.7 Å². The minimum absolute atomic E-state index is 0.347. The maximum atomic E-state index is 12.4. The number of carbonyl (C=O) groups excluding carboxylic acids is 2. The van der Waals surface area contributed by atoms with Crippen molar-refractivity contribution in [2.24, 2.45) is 0 Å². The second-order valence-corrected chi connectivity index (χ2v) is 7.76. The molecule has 0 fully saturated rings. The Labute approximate surface area is 167 Å². The molecule has 0 saturated carbocycles. The molecule has 3 aromatic heterocycles. The van der Waals surface area contributed by atoms with E-state index in [4.69, 9.17) is 12.2 Å². The van der Waals surface area contributed by atoms with E-state index in [2.05, 4.69) is 31.8 Å². The van der Waals surface area contributed by atoms with Crippen molar-refractivity contribution in [1.82, 2.24) is 19.7 Å². The Bertz CT molecular complexity index is 1080. The van der Waals surface area contributed by atoms with E-state index in [9.17, 15) is 9.59 Å². The van der Waals surface area contributed by atoms with Gasteiger partial charge in [0.05, 0.1) is 22.6 Å². The number of ether oxygens (including phenoxy) is 1. The molecule has 0 saturated heterocycles. The third kappa shape index (κ3) is 3.89. The Morgan fingerprint density at radius 2 is 2.15 bits per heavy atom. The van der Waals surface area contributed by atoms with Crippen LogP contribution in [0.2, 0.25) is 0 Å². The van der Waals surface area contributed by atoms with Crippen molar-refractivity contribution < 1.29 is 14.3 Å².